The maximum atomic E-state index is 13.7. The van der Waals surface area contributed by atoms with E-state index in [1.54, 1.807) is 0 Å². The smallest absolute Gasteiger partial charge is 0.294 e. The van der Waals surface area contributed by atoms with Crippen molar-refractivity contribution in [3.05, 3.63) is 29.1 Å². The van der Waals surface area contributed by atoms with Crippen molar-refractivity contribution in [3.63, 3.8) is 0 Å². The van der Waals surface area contributed by atoms with Gasteiger partial charge in [-0.15, -0.1) is 11.8 Å². The SMILES string of the molecule is CCC(=O)c1cc(C(F)(F)F)cc(SC)c1F. The van der Waals surface area contributed by atoms with Crippen molar-refractivity contribution in [2.45, 2.75) is 24.4 Å². The highest BCUT2D eigenvalue weighted by Crippen LogP contribution is 2.34. The van der Waals surface area contributed by atoms with Crippen molar-refractivity contribution in [1.29, 1.82) is 0 Å². The molecule has 0 bridgehead atoms. The summed E-state index contributed by atoms with van der Waals surface area (Å²) in [6.07, 6.45) is -3.16. The number of rotatable bonds is 3. The van der Waals surface area contributed by atoms with Gasteiger partial charge in [0.25, 0.3) is 0 Å². The zero-order valence-electron chi connectivity index (χ0n) is 9.19. The van der Waals surface area contributed by atoms with Crippen molar-refractivity contribution >= 4 is 17.5 Å². The molecule has 1 rings (SSSR count). The van der Waals surface area contributed by atoms with E-state index in [-0.39, 0.29) is 11.3 Å². The molecule has 0 amide bonds. The predicted molar refractivity (Wildman–Crippen MR) is 57.8 cm³/mol. The number of Topliss-reactive ketones (excluding diaryl/α,β-unsaturated/α-hetero) is 1. The van der Waals surface area contributed by atoms with E-state index < -0.39 is 28.9 Å². The maximum Gasteiger partial charge on any atom is 0.416 e. The zero-order valence-corrected chi connectivity index (χ0v) is 10.0. The molecule has 0 unspecified atom stereocenters. The monoisotopic (exact) mass is 266 g/mol. The van der Waals surface area contributed by atoms with Gasteiger partial charge in [-0.1, -0.05) is 6.92 Å². The maximum absolute atomic E-state index is 13.7. The average Bonchev–Trinajstić information content (AvgIpc) is 2.26. The molecular formula is C11H10F4OS. The zero-order chi connectivity index (χ0) is 13.2. The van der Waals surface area contributed by atoms with Crippen LogP contribution in [0, 0.1) is 5.82 Å². The van der Waals surface area contributed by atoms with Gasteiger partial charge in [-0.3, -0.25) is 4.79 Å². The fraction of sp³-hybridized carbons (Fsp3) is 0.364. The third-order valence-electron chi connectivity index (χ3n) is 2.21. The summed E-state index contributed by atoms with van der Waals surface area (Å²) in [6.45, 7) is 1.47. The molecule has 94 valence electrons. The molecule has 17 heavy (non-hydrogen) atoms. The Labute approximate surface area is 100 Å². The highest BCUT2D eigenvalue weighted by molar-refractivity contribution is 7.98. The van der Waals surface area contributed by atoms with Gasteiger partial charge in [0, 0.05) is 11.3 Å². The van der Waals surface area contributed by atoms with Gasteiger partial charge in [0.1, 0.15) is 5.82 Å². The first-order chi connectivity index (χ1) is 7.81. The Hall–Kier alpha value is -1.04. The van der Waals surface area contributed by atoms with Gasteiger partial charge in [0.15, 0.2) is 5.78 Å². The lowest BCUT2D eigenvalue weighted by Crippen LogP contribution is -2.10. The number of hydrogen-bond acceptors (Lipinski definition) is 2. The third-order valence-corrected chi connectivity index (χ3v) is 2.94. The van der Waals surface area contributed by atoms with Crippen molar-refractivity contribution in [2.75, 3.05) is 6.26 Å². The van der Waals surface area contributed by atoms with Crippen molar-refractivity contribution in [3.8, 4) is 0 Å². The lowest BCUT2D eigenvalue weighted by Gasteiger charge is -2.11. The number of carbonyl (C=O) groups excluding carboxylic acids is 1. The summed E-state index contributed by atoms with van der Waals surface area (Å²) in [5.41, 5.74) is -1.49. The average molecular weight is 266 g/mol. The first-order valence-corrected chi connectivity index (χ1v) is 6.01. The van der Waals surface area contributed by atoms with Gasteiger partial charge < -0.3 is 0 Å². The van der Waals surface area contributed by atoms with Gasteiger partial charge >= 0.3 is 6.18 Å². The molecule has 0 heterocycles. The fourth-order valence-corrected chi connectivity index (χ4v) is 1.84. The number of alkyl halides is 3. The molecule has 0 radical (unpaired) electrons. The molecule has 1 nitrogen and oxygen atoms in total. The van der Waals surface area contributed by atoms with Crippen molar-refractivity contribution in [1.82, 2.24) is 0 Å². The van der Waals surface area contributed by atoms with E-state index in [1.807, 2.05) is 0 Å². The summed E-state index contributed by atoms with van der Waals surface area (Å²) in [6, 6.07) is 1.29. The van der Waals surface area contributed by atoms with Gasteiger partial charge in [0.05, 0.1) is 11.1 Å². The van der Waals surface area contributed by atoms with Gasteiger partial charge in [-0.2, -0.15) is 13.2 Å². The van der Waals surface area contributed by atoms with Crippen LogP contribution in [0.2, 0.25) is 0 Å². The number of ketones is 1. The molecule has 0 aliphatic carbocycles. The van der Waals surface area contributed by atoms with Crippen LogP contribution in [0.25, 0.3) is 0 Å². The van der Waals surface area contributed by atoms with Crippen LogP contribution in [0.1, 0.15) is 29.3 Å². The van der Waals surface area contributed by atoms with Crippen molar-refractivity contribution < 1.29 is 22.4 Å². The highest BCUT2D eigenvalue weighted by Gasteiger charge is 2.33. The Morgan fingerprint density at radius 1 is 1.35 bits per heavy atom. The molecule has 0 saturated heterocycles. The number of hydrogen-bond donors (Lipinski definition) is 0. The van der Waals surface area contributed by atoms with Crippen LogP contribution in [-0.2, 0) is 6.18 Å². The van der Waals surface area contributed by atoms with Gasteiger partial charge in [0.2, 0.25) is 0 Å². The van der Waals surface area contributed by atoms with Crippen LogP contribution in [0.4, 0.5) is 17.6 Å². The van der Waals surface area contributed by atoms with E-state index >= 15 is 0 Å². The predicted octanol–water partition coefficient (Wildman–Crippen LogP) is 4.16. The Bertz CT molecular complexity index is 440. The van der Waals surface area contributed by atoms with Crippen LogP contribution >= 0.6 is 11.8 Å². The topological polar surface area (TPSA) is 17.1 Å². The van der Waals surface area contributed by atoms with Gasteiger partial charge in [-0.25, -0.2) is 4.39 Å². The molecule has 0 atom stereocenters. The summed E-state index contributed by atoms with van der Waals surface area (Å²) in [5.74, 6) is -1.51. The van der Waals surface area contributed by atoms with Crippen LogP contribution in [0.5, 0.6) is 0 Å². The molecule has 0 aromatic heterocycles. The van der Waals surface area contributed by atoms with Crippen LogP contribution in [0.15, 0.2) is 17.0 Å². The summed E-state index contributed by atoms with van der Waals surface area (Å²) in [5, 5.41) is 0. The molecule has 0 aliphatic heterocycles. The van der Waals surface area contributed by atoms with Gasteiger partial charge in [-0.05, 0) is 18.4 Å². The largest absolute Gasteiger partial charge is 0.416 e. The molecule has 6 heteroatoms. The number of benzene rings is 1. The second-order valence-corrected chi connectivity index (χ2v) is 4.16. The normalized spacial score (nSPS) is 11.6. The third kappa shape index (κ3) is 3.00. The Morgan fingerprint density at radius 3 is 2.35 bits per heavy atom. The molecule has 0 saturated carbocycles. The summed E-state index contributed by atoms with van der Waals surface area (Å²) >= 11 is 0.841. The van der Waals surface area contributed by atoms with E-state index in [0.29, 0.717) is 12.1 Å². The number of halogens is 4. The minimum Gasteiger partial charge on any atom is -0.294 e. The first kappa shape index (κ1) is 14.0. The van der Waals surface area contributed by atoms with Crippen molar-refractivity contribution in [2.24, 2.45) is 0 Å². The Kier molecular flexibility index (Phi) is 4.19. The lowest BCUT2D eigenvalue weighted by atomic mass is 10.0. The van der Waals surface area contributed by atoms with E-state index in [9.17, 15) is 22.4 Å². The van der Waals surface area contributed by atoms with E-state index in [0.717, 1.165) is 11.8 Å². The second-order valence-electron chi connectivity index (χ2n) is 3.31. The first-order valence-electron chi connectivity index (χ1n) is 4.79. The quantitative estimate of drug-likeness (QED) is 0.464. The summed E-state index contributed by atoms with van der Waals surface area (Å²) < 4.78 is 51.3. The molecule has 1 aromatic rings. The summed E-state index contributed by atoms with van der Waals surface area (Å²) in [4.78, 5) is 11.2. The lowest BCUT2D eigenvalue weighted by molar-refractivity contribution is -0.137. The van der Waals surface area contributed by atoms with Crippen LogP contribution < -0.4 is 0 Å². The summed E-state index contributed by atoms with van der Waals surface area (Å²) in [7, 11) is 0. The number of carbonyl (C=O) groups is 1. The van der Waals surface area contributed by atoms with E-state index in [4.69, 9.17) is 0 Å². The molecular weight excluding hydrogens is 256 g/mol. The Balaban J connectivity index is 3.44. The van der Waals surface area contributed by atoms with E-state index in [1.165, 1.54) is 13.2 Å². The molecule has 0 aliphatic rings. The highest BCUT2D eigenvalue weighted by atomic mass is 32.2. The molecule has 0 N–H and O–H groups in total. The Morgan fingerprint density at radius 2 is 1.94 bits per heavy atom. The second kappa shape index (κ2) is 5.08. The minimum absolute atomic E-state index is 0.0357. The van der Waals surface area contributed by atoms with E-state index in [2.05, 4.69) is 0 Å². The molecule has 0 fully saturated rings. The molecule has 0 spiro atoms. The van der Waals surface area contributed by atoms with Crippen LogP contribution in [0.3, 0.4) is 0 Å². The fourth-order valence-electron chi connectivity index (χ4n) is 1.30. The number of thioether (sulfide) groups is 1. The van der Waals surface area contributed by atoms with Crippen LogP contribution in [-0.4, -0.2) is 12.0 Å². The molecule has 1 aromatic carbocycles. The minimum atomic E-state index is -4.58. The standard InChI is InChI=1S/C11H10F4OS/c1-3-8(16)7-4-6(11(13,14)15)5-9(17-2)10(7)12/h4-5H,3H2,1-2H3.